The number of benzene rings is 2. The van der Waals surface area contributed by atoms with E-state index >= 15 is 0 Å². The molecule has 0 spiro atoms. The summed E-state index contributed by atoms with van der Waals surface area (Å²) >= 11 is 0. The summed E-state index contributed by atoms with van der Waals surface area (Å²) in [5.74, 6) is 1.94. The summed E-state index contributed by atoms with van der Waals surface area (Å²) in [6.07, 6.45) is 2.14. The van der Waals surface area contributed by atoms with E-state index in [2.05, 4.69) is 36.6 Å². The van der Waals surface area contributed by atoms with Crippen molar-refractivity contribution in [1.29, 1.82) is 0 Å². The highest BCUT2D eigenvalue weighted by atomic mass is 16.5. The first-order valence-corrected chi connectivity index (χ1v) is 10.3. The van der Waals surface area contributed by atoms with E-state index in [0.717, 1.165) is 36.3 Å². The molecule has 1 aliphatic carbocycles. The van der Waals surface area contributed by atoms with Gasteiger partial charge in [0, 0.05) is 29.8 Å². The number of amides is 1. The molecule has 0 radical (unpaired) electrons. The molecule has 1 saturated heterocycles. The van der Waals surface area contributed by atoms with Crippen molar-refractivity contribution in [2.45, 2.75) is 44.7 Å². The highest BCUT2D eigenvalue weighted by Crippen LogP contribution is 2.46. The first-order chi connectivity index (χ1) is 14.0. The SMILES string of the molecule is COc1ccc(CNC(=O)c2ccc3c(c2)C2(C)CCN[C@H](C3)[C@@H]2C)c(OC)c1. The minimum atomic E-state index is -0.0574. The van der Waals surface area contributed by atoms with Gasteiger partial charge in [-0.3, -0.25) is 4.79 Å². The highest BCUT2D eigenvalue weighted by Gasteiger charge is 2.45. The van der Waals surface area contributed by atoms with Crippen molar-refractivity contribution in [1.82, 2.24) is 10.6 Å². The van der Waals surface area contributed by atoms with Crippen molar-refractivity contribution >= 4 is 5.91 Å². The van der Waals surface area contributed by atoms with E-state index in [9.17, 15) is 4.79 Å². The molecule has 29 heavy (non-hydrogen) atoms. The molecule has 0 saturated carbocycles. The van der Waals surface area contributed by atoms with E-state index in [4.69, 9.17) is 9.47 Å². The first-order valence-electron chi connectivity index (χ1n) is 10.3. The molecule has 2 aliphatic rings. The minimum Gasteiger partial charge on any atom is -0.497 e. The zero-order valence-electron chi connectivity index (χ0n) is 17.7. The maximum Gasteiger partial charge on any atom is 0.251 e. The van der Waals surface area contributed by atoms with E-state index in [1.54, 1.807) is 14.2 Å². The average Bonchev–Trinajstić information content (AvgIpc) is 2.74. The van der Waals surface area contributed by atoms with Gasteiger partial charge in [0.25, 0.3) is 5.91 Å². The van der Waals surface area contributed by atoms with Crippen LogP contribution in [0.1, 0.15) is 47.3 Å². The Morgan fingerprint density at radius 2 is 2.03 bits per heavy atom. The lowest BCUT2D eigenvalue weighted by atomic mass is 9.59. The van der Waals surface area contributed by atoms with Crippen molar-refractivity contribution < 1.29 is 14.3 Å². The second-order valence-corrected chi connectivity index (χ2v) is 8.45. The molecule has 1 aliphatic heterocycles. The molecule has 3 atom stereocenters. The highest BCUT2D eigenvalue weighted by molar-refractivity contribution is 5.94. The van der Waals surface area contributed by atoms with Crippen LogP contribution in [0.4, 0.5) is 0 Å². The van der Waals surface area contributed by atoms with Gasteiger partial charge >= 0.3 is 0 Å². The first kappa shape index (κ1) is 19.8. The van der Waals surface area contributed by atoms with Crippen molar-refractivity contribution in [3.8, 4) is 11.5 Å². The van der Waals surface area contributed by atoms with Gasteiger partial charge < -0.3 is 20.1 Å². The third-order valence-electron chi connectivity index (χ3n) is 7.02. The van der Waals surface area contributed by atoms with Crippen LogP contribution in [-0.4, -0.2) is 32.7 Å². The Morgan fingerprint density at radius 3 is 2.79 bits per heavy atom. The van der Waals surface area contributed by atoms with Gasteiger partial charge in [0.15, 0.2) is 0 Å². The van der Waals surface area contributed by atoms with Gasteiger partial charge in [-0.2, -0.15) is 0 Å². The fourth-order valence-corrected chi connectivity index (χ4v) is 4.93. The van der Waals surface area contributed by atoms with Crippen LogP contribution in [0.5, 0.6) is 11.5 Å². The molecule has 2 aromatic carbocycles. The molecule has 2 aromatic rings. The molecule has 1 amide bonds. The summed E-state index contributed by atoms with van der Waals surface area (Å²) in [6, 6.07) is 12.4. The number of nitrogens with one attached hydrogen (secondary N) is 2. The van der Waals surface area contributed by atoms with E-state index < -0.39 is 0 Å². The molecule has 2 bridgehead atoms. The molecule has 0 aromatic heterocycles. The normalized spacial score (nSPS) is 25.1. The predicted octanol–water partition coefficient (Wildman–Crippen LogP) is 3.45. The second kappa shape index (κ2) is 7.71. The quantitative estimate of drug-likeness (QED) is 0.816. The molecule has 1 unspecified atom stereocenters. The summed E-state index contributed by atoms with van der Waals surface area (Å²) in [7, 11) is 3.25. The van der Waals surface area contributed by atoms with E-state index in [-0.39, 0.29) is 11.3 Å². The lowest BCUT2D eigenvalue weighted by Gasteiger charge is -2.50. The molecule has 4 rings (SSSR count). The lowest BCUT2D eigenvalue weighted by molar-refractivity contribution is 0.0950. The summed E-state index contributed by atoms with van der Waals surface area (Å²) < 4.78 is 10.7. The standard InChI is InChI=1S/C24H30N2O3/c1-15-21-12-16-5-6-17(11-20(16)24(15,2)9-10-25-21)23(27)26-14-18-7-8-19(28-3)13-22(18)29-4/h5-8,11,13,15,21,25H,9-10,12,14H2,1-4H3,(H,26,27)/t15-,21+,24?/m0/s1. The van der Waals surface area contributed by atoms with Crippen LogP contribution in [0, 0.1) is 5.92 Å². The van der Waals surface area contributed by atoms with Crippen molar-refractivity contribution in [2.24, 2.45) is 5.92 Å². The largest absolute Gasteiger partial charge is 0.497 e. The summed E-state index contributed by atoms with van der Waals surface area (Å²) in [5, 5.41) is 6.70. The van der Waals surface area contributed by atoms with Gasteiger partial charge in [0.05, 0.1) is 14.2 Å². The monoisotopic (exact) mass is 394 g/mol. The molecule has 2 N–H and O–H groups in total. The van der Waals surface area contributed by atoms with Gasteiger partial charge in [0.1, 0.15) is 11.5 Å². The van der Waals surface area contributed by atoms with Crippen LogP contribution >= 0.6 is 0 Å². The van der Waals surface area contributed by atoms with E-state index in [1.807, 2.05) is 24.3 Å². The molecule has 154 valence electrons. The predicted molar refractivity (Wildman–Crippen MR) is 114 cm³/mol. The molecule has 5 nitrogen and oxygen atoms in total. The van der Waals surface area contributed by atoms with Gasteiger partial charge in [-0.1, -0.05) is 19.9 Å². The lowest BCUT2D eigenvalue weighted by Crippen LogP contribution is -2.56. The number of fused-ring (bicyclic) bond motifs is 4. The van der Waals surface area contributed by atoms with E-state index in [1.165, 1.54) is 11.1 Å². The molecular weight excluding hydrogens is 364 g/mol. The molecule has 5 heteroatoms. The number of hydrogen-bond donors (Lipinski definition) is 2. The number of piperidine rings is 1. The third kappa shape index (κ3) is 3.48. The number of rotatable bonds is 5. The Morgan fingerprint density at radius 1 is 1.21 bits per heavy atom. The summed E-state index contributed by atoms with van der Waals surface area (Å²) in [4.78, 5) is 12.9. The van der Waals surface area contributed by atoms with Gasteiger partial charge in [-0.05, 0) is 66.1 Å². The molecule has 1 heterocycles. The van der Waals surface area contributed by atoms with Crippen LogP contribution in [0.3, 0.4) is 0 Å². The Labute approximate surface area is 172 Å². The van der Waals surface area contributed by atoms with Crippen LogP contribution < -0.4 is 20.1 Å². The maximum absolute atomic E-state index is 12.9. The second-order valence-electron chi connectivity index (χ2n) is 8.45. The molecular formula is C24H30N2O3. The number of carbonyl (C=O) groups excluding carboxylic acids is 1. The zero-order chi connectivity index (χ0) is 20.6. The van der Waals surface area contributed by atoms with Crippen LogP contribution in [0.15, 0.2) is 36.4 Å². The van der Waals surface area contributed by atoms with Gasteiger partial charge in [0.2, 0.25) is 0 Å². The zero-order valence-corrected chi connectivity index (χ0v) is 17.7. The Kier molecular flexibility index (Phi) is 5.26. The van der Waals surface area contributed by atoms with Gasteiger partial charge in [-0.25, -0.2) is 0 Å². The summed E-state index contributed by atoms with van der Waals surface area (Å²) in [6.45, 7) is 6.14. The molecule has 1 fully saturated rings. The van der Waals surface area contributed by atoms with Crippen molar-refractivity contribution in [3.05, 3.63) is 58.7 Å². The van der Waals surface area contributed by atoms with Crippen molar-refractivity contribution in [3.63, 3.8) is 0 Å². The number of hydrogen-bond acceptors (Lipinski definition) is 4. The fraction of sp³-hybridized carbons (Fsp3) is 0.458. The van der Waals surface area contributed by atoms with Crippen LogP contribution in [-0.2, 0) is 18.4 Å². The van der Waals surface area contributed by atoms with E-state index in [0.29, 0.717) is 24.3 Å². The third-order valence-corrected chi connectivity index (χ3v) is 7.02. The minimum absolute atomic E-state index is 0.0574. The average molecular weight is 395 g/mol. The van der Waals surface area contributed by atoms with Crippen LogP contribution in [0.2, 0.25) is 0 Å². The Bertz CT molecular complexity index is 926. The Balaban J connectivity index is 1.54. The smallest absolute Gasteiger partial charge is 0.251 e. The summed E-state index contributed by atoms with van der Waals surface area (Å²) in [5.41, 5.74) is 4.48. The maximum atomic E-state index is 12.9. The van der Waals surface area contributed by atoms with Crippen molar-refractivity contribution in [2.75, 3.05) is 20.8 Å². The van der Waals surface area contributed by atoms with Gasteiger partial charge in [-0.15, -0.1) is 0 Å². The number of methoxy groups -OCH3 is 2. The number of carbonyl (C=O) groups is 1. The Hall–Kier alpha value is -2.53. The topological polar surface area (TPSA) is 59.6 Å². The number of ether oxygens (including phenoxy) is 2. The fourth-order valence-electron chi connectivity index (χ4n) is 4.93. The van der Waals surface area contributed by atoms with Crippen LogP contribution in [0.25, 0.3) is 0 Å².